The fourth-order valence-electron chi connectivity index (χ4n) is 6.21. The first-order chi connectivity index (χ1) is 10.2. The van der Waals surface area contributed by atoms with E-state index in [0.717, 1.165) is 29.9 Å². The molecule has 110 valence electrons. The Labute approximate surface area is 126 Å². The van der Waals surface area contributed by atoms with Crippen LogP contribution in [0.1, 0.15) is 56.6 Å². The van der Waals surface area contributed by atoms with Crippen molar-refractivity contribution >= 4 is 5.78 Å². The van der Waals surface area contributed by atoms with Gasteiger partial charge in [-0.2, -0.15) is 0 Å². The third kappa shape index (κ3) is 1.84. The maximum atomic E-state index is 13.2. The molecule has 0 aromatic carbocycles. The standard InChI is InChI=1S/C19H23NO/c21-18(16-8-15(16)17-3-1-2-4-20-17)19-9-12-5-13(10-19)7-14(6-12)11-19/h1-4,12-16H,5-11H2. The van der Waals surface area contributed by atoms with Crippen LogP contribution in [0.5, 0.6) is 0 Å². The monoisotopic (exact) mass is 281 g/mol. The Balaban J connectivity index is 1.38. The molecule has 5 saturated carbocycles. The Hall–Kier alpha value is -1.18. The van der Waals surface area contributed by atoms with Crippen molar-refractivity contribution in [3.63, 3.8) is 0 Å². The van der Waals surface area contributed by atoms with Crippen molar-refractivity contribution in [3.05, 3.63) is 30.1 Å². The number of carbonyl (C=O) groups excluding carboxylic acids is 1. The van der Waals surface area contributed by atoms with Crippen LogP contribution in [-0.4, -0.2) is 10.8 Å². The topological polar surface area (TPSA) is 30.0 Å². The minimum Gasteiger partial charge on any atom is -0.299 e. The van der Waals surface area contributed by atoms with Crippen molar-refractivity contribution in [2.45, 2.75) is 50.9 Å². The van der Waals surface area contributed by atoms with Crippen molar-refractivity contribution in [1.82, 2.24) is 4.98 Å². The van der Waals surface area contributed by atoms with E-state index in [-0.39, 0.29) is 11.3 Å². The summed E-state index contributed by atoms with van der Waals surface area (Å²) in [6, 6.07) is 6.10. The molecule has 5 aliphatic carbocycles. The van der Waals surface area contributed by atoms with Gasteiger partial charge in [0.05, 0.1) is 0 Å². The van der Waals surface area contributed by atoms with Gasteiger partial charge in [-0.25, -0.2) is 0 Å². The largest absolute Gasteiger partial charge is 0.299 e. The summed E-state index contributed by atoms with van der Waals surface area (Å²) >= 11 is 0. The molecule has 0 saturated heterocycles. The second-order valence-electron chi connectivity index (χ2n) is 8.27. The van der Waals surface area contributed by atoms with Crippen LogP contribution in [0.15, 0.2) is 24.4 Å². The number of Topliss-reactive ketones (excluding diaryl/α,β-unsaturated/α-hetero) is 1. The predicted octanol–water partition coefficient (Wildman–Crippen LogP) is 3.97. The number of pyridine rings is 1. The molecule has 21 heavy (non-hydrogen) atoms. The number of carbonyl (C=O) groups is 1. The average Bonchev–Trinajstić information content (AvgIpc) is 3.26. The van der Waals surface area contributed by atoms with Crippen molar-refractivity contribution < 1.29 is 4.79 Å². The number of ketones is 1. The van der Waals surface area contributed by atoms with Gasteiger partial charge < -0.3 is 0 Å². The Kier molecular flexibility index (Phi) is 2.46. The van der Waals surface area contributed by atoms with E-state index < -0.39 is 0 Å². The molecule has 1 aromatic rings. The van der Waals surface area contributed by atoms with E-state index in [1.165, 1.54) is 38.5 Å². The van der Waals surface area contributed by atoms with Gasteiger partial charge in [0, 0.05) is 29.1 Å². The summed E-state index contributed by atoms with van der Waals surface area (Å²) in [5.41, 5.74) is 1.23. The number of rotatable bonds is 3. The number of hydrogen-bond acceptors (Lipinski definition) is 2. The van der Waals surface area contributed by atoms with Gasteiger partial charge in [0.25, 0.3) is 0 Å². The van der Waals surface area contributed by atoms with Crippen LogP contribution < -0.4 is 0 Å². The summed E-state index contributed by atoms with van der Waals surface area (Å²) in [4.78, 5) is 17.7. The van der Waals surface area contributed by atoms with Gasteiger partial charge in [0.2, 0.25) is 0 Å². The predicted molar refractivity (Wildman–Crippen MR) is 80.7 cm³/mol. The third-order valence-corrected chi connectivity index (χ3v) is 6.76. The van der Waals surface area contributed by atoms with E-state index >= 15 is 0 Å². The lowest BCUT2D eigenvalue weighted by molar-refractivity contribution is -0.145. The van der Waals surface area contributed by atoms with Gasteiger partial charge in [-0.1, -0.05) is 6.07 Å². The van der Waals surface area contributed by atoms with Crippen molar-refractivity contribution in [2.24, 2.45) is 29.1 Å². The molecule has 4 bridgehead atoms. The van der Waals surface area contributed by atoms with Crippen LogP contribution in [0.25, 0.3) is 0 Å². The maximum absolute atomic E-state index is 13.2. The Morgan fingerprint density at radius 2 is 1.67 bits per heavy atom. The van der Waals surface area contributed by atoms with Crippen LogP contribution in [0.3, 0.4) is 0 Å². The first-order valence-electron chi connectivity index (χ1n) is 8.69. The minimum absolute atomic E-state index is 0.0863. The molecule has 5 aliphatic rings. The zero-order valence-electron chi connectivity index (χ0n) is 12.5. The van der Waals surface area contributed by atoms with Gasteiger partial charge in [-0.3, -0.25) is 9.78 Å². The fourth-order valence-corrected chi connectivity index (χ4v) is 6.21. The second-order valence-corrected chi connectivity index (χ2v) is 8.27. The lowest BCUT2D eigenvalue weighted by Crippen LogP contribution is -2.50. The van der Waals surface area contributed by atoms with E-state index in [0.29, 0.717) is 11.7 Å². The molecule has 6 rings (SSSR count). The van der Waals surface area contributed by atoms with E-state index in [4.69, 9.17) is 0 Å². The van der Waals surface area contributed by atoms with Crippen molar-refractivity contribution in [1.29, 1.82) is 0 Å². The minimum atomic E-state index is 0.0863. The van der Waals surface area contributed by atoms with E-state index in [1.807, 2.05) is 18.3 Å². The Morgan fingerprint density at radius 3 is 2.24 bits per heavy atom. The second kappa shape index (κ2) is 4.18. The first-order valence-corrected chi connectivity index (χ1v) is 8.69. The smallest absolute Gasteiger partial charge is 0.142 e. The molecule has 2 nitrogen and oxygen atoms in total. The highest BCUT2D eigenvalue weighted by molar-refractivity contribution is 5.90. The molecule has 1 heterocycles. The average molecular weight is 281 g/mol. The van der Waals surface area contributed by atoms with Gasteiger partial charge in [0.1, 0.15) is 5.78 Å². The molecule has 0 radical (unpaired) electrons. The molecule has 2 unspecified atom stereocenters. The highest BCUT2D eigenvalue weighted by Gasteiger charge is 2.59. The first kappa shape index (κ1) is 12.4. The van der Waals surface area contributed by atoms with Gasteiger partial charge >= 0.3 is 0 Å². The fraction of sp³-hybridized carbons (Fsp3) is 0.684. The molecule has 0 N–H and O–H groups in total. The quantitative estimate of drug-likeness (QED) is 0.839. The Morgan fingerprint density at radius 1 is 1.00 bits per heavy atom. The van der Waals surface area contributed by atoms with Crippen LogP contribution in [0.2, 0.25) is 0 Å². The van der Waals surface area contributed by atoms with Crippen LogP contribution in [0.4, 0.5) is 0 Å². The number of nitrogens with zero attached hydrogens (tertiary/aromatic N) is 1. The van der Waals surface area contributed by atoms with Crippen LogP contribution in [-0.2, 0) is 4.79 Å². The SMILES string of the molecule is O=C(C1CC1c1ccccn1)C12CC3CC(CC(C3)C1)C2. The summed E-state index contributed by atoms with van der Waals surface area (Å²) in [6.07, 6.45) is 10.8. The molecule has 0 amide bonds. The zero-order chi connectivity index (χ0) is 14.0. The molecule has 0 spiro atoms. The van der Waals surface area contributed by atoms with Gasteiger partial charge in [-0.15, -0.1) is 0 Å². The molecular formula is C19H23NO. The number of hydrogen-bond donors (Lipinski definition) is 0. The highest BCUT2D eigenvalue weighted by atomic mass is 16.1. The van der Waals surface area contributed by atoms with Crippen LogP contribution >= 0.6 is 0 Å². The summed E-state index contributed by atoms with van der Waals surface area (Å²) in [5.74, 6) is 3.94. The molecule has 0 aliphatic heterocycles. The van der Waals surface area contributed by atoms with Crippen LogP contribution in [0, 0.1) is 29.1 Å². The Bertz CT molecular complexity index is 543. The molecule has 2 heteroatoms. The highest BCUT2D eigenvalue weighted by Crippen LogP contribution is 2.63. The normalized spacial score (nSPS) is 46.6. The van der Waals surface area contributed by atoms with Gasteiger partial charge in [-0.05, 0) is 74.8 Å². The number of aromatic nitrogens is 1. The lowest BCUT2D eigenvalue weighted by atomic mass is 9.48. The summed E-state index contributed by atoms with van der Waals surface area (Å²) in [7, 11) is 0. The van der Waals surface area contributed by atoms with Gasteiger partial charge in [0.15, 0.2) is 0 Å². The van der Waals surface area contributed by atoms with E-state index in [1.54, 1.807) is 0 Å². The zero-order valence-corrected chi connectivity index (χ0v) is 12.5. The molecule has 2 atom stereocenters. The summed E-state index contributed by atoms with van der Waals surface area (Å²) in [5, 5.41) is 0. The molecule has 1 aromatic heterocycles. The summed E-state index contributed by atoms with van der Waals surface area (Å²) in [6.45, 7) is 0. The third-order valence-electron chi connectivity index (χ3n) is 6.76. The summed E-state index contributed by atoms with van der Waals surface area (Å²) < 4.78 is 0. The maximum Gasteiger partial charge on any atom is 0.142 e. The van der Waals surface area contributed by atoms with E-state index in [9.17, 15) is 4.79 Å². The van der Waals surface area contributed by atoms with E-state index in [2.05, 4.69) is 11.1 Å². The molecule has 5 fully saturated rings. The lowest BCUT2D eigenvalue weighted by Gasteiger charge is -2.56. The van der Waals surface area contributed by atoms with Crippen molar-refractivity contribution in [2.75, 3.05) is 0 Å². The molecular weight excluding hydrogens is 258 g/mol. The van der Waals surface area contributed by atoms with Crippen molar-refractivity contribution in [3.8, 4) is 0 Å².